The summed E-state index contributed by atoms with van der Waals surface area (Å²) in [6, 6.07) is 0.908. The Kier molecular flexibility index (Phi) is 3.70. The fourth-order valence-electron chi connectivity index (χ4n) is 3.19. The number of carbonyl (C=O) groups is 1. The average Bonchev–Trinajstić information content (AvgIpc) is 2.34. The Hall–Kier alpha value is -1.90. The minimum atomic E-state index is -4.33. The zero-order valence-corrected chi connectivity index (χ0v) is 11.9. The van der Waals surface area contributed by atoms with E-state index in [4.69, 9.17) is 9.84 Å². The zero-order valence-electron chi connectivity index (χ0n) is 11.9. The first-order chi connectivity index (χ1) is 10.7. The van der Waals surface area contributed by atoms with Gasteiger partial charge in [0.1, 0.15) is 6.61 Å². The van der Waals surface area contributed by atoms with Crippen LogP contribution >= 0.6 is 0 Å². The summed E-state index contributed by atoms with van der Waals surface area (Å²) in [5.74, 6) is -1.91. The van der Waals surface area contributed by atoms with E-state index in [-0.39, 0.29) is 16.8 Å². The van der Waals surface area contributed by atoms with E-state index in [2.05, 4.69) is 4.98 Å². The number of halogens is 4. The standard InChI is InChI=1S/C14H14F4N2O3/c15-10-1-8(12(21)22)4-19-11(10)20-5-13(6-20)2-9(3-13)23-7-14(16,17)18/h1,4,9H,2-3,5-7H2,(H,21,22). The first kappa shape index (κ1) is 16.0. The van der Waals surface area contributed by atoms with Crippen molar-refractivity contribution in [2.24, 2.45) is 5.41 Å². The summed E-state index contributed by atoms with van der Waals surface area (Å²) in [4.78, 5) is 16.2. The number of nitrogens with zero attached hydrogens (tertiary/aromatic N) is 2. The van der Waals surface area contributed by atoms with Crippen LogP contribution in [0.2, 0.25) is 0 Å². The highest BCUT2D eigenvalue weighted by molar-refractivity contribution is 5.87. The molecule has 0 amide bonds. The predicted molar refractivity (Wildman–Crippen MR) is 70.8 cm³/mol. The van der Waals surface area contributed by atoms with Gasteiger partial charge in [-0.1, -0.05) is 0 Å². The minimum Gasteiger partial charge on any atom is -0.478 e. The van der Waals surface area contributed by atoms with Gasteiger partial charge in [0.2, 0.25) is 0 Å². The maximum absolute atomic E-state index is 13.9. The second-order valence-electron chi connectivity index (χ2n) is 6.15. The van der Waals surface area contributed by atoms with E-state index in [9.17, 15) is 22.4 Å². The van der Waals surface area contributed by atoms with E-state index in [1.165, 1.54) is 0 Å². The van der Waals surface area contributed by atoms with Gasteiger partial charge < -0.3 is 14.7 Å². The Bertz CT molecular complexity index is 621. The van der Waals surface area contributed by atoms with Crippen molar-refractivity contribution in [3.63, 3.8) is 0 Å². The van der Waals surface area contributed by atoms with Gasteiger partial charge in [0.25, 0.3) is 0 Å². The molecule has 1 spiro atoms. The lowest BCUT2D eigenvalue weighted by Crippen LogP contribution is -2.64. The number of ether oxygens (including phenoxy) is 1. The SMILES string of the molecule is O=C(O)c1cnc(N2CC3(CC(OCC(F)(F)F)C3)C2)c(F)c1. The van der Waals surface area contributed by atoms with E-state index >= 15 is 0 Å². The molecule has 2 heterocycles. The molecule has 5 nitrogen and oxygen atoms in total. The Morgan fingerprint density at radius 3 is 2.61 bits per heavy atom. The highest BCUT2D eigenvalue weighted by Crippen LogP contribution is 2.51. The molecular formula is C14H14F4N2O3. The maximum Gasteiger partial charge on any atom is 0.411 e. The molecule has 1 N–H and O–H groups in total. The topological polar surface area (TPSA) is 62.7 Å². The van der Waals surface area contributed by atoms with Gasteiger partial charge in [0, 0.05) is 24.7 Å². The first-order valence-electron chi connectivity index (χ1n) is 7.00. The molecule has 126 valence electrons. The molecule has 1 aromatic heterocycles. The lowest BCUT2D eigenvalue weighted by Gasteiger charge is -2.59. The van der Waals surface area contributed by atoms with Crippen molar-refractivity contribution >= 4 is 11.8 Å². The average molecular weight is 334 g/mol. The van der Waals surface area contributed by atoms with E-state index in [0.717, 1.165) is 12.3 Å². The summed E-state index contributed by atoms with van der Waals surface area (Å²) in [5.41, 5.74) is -0.374. The molecular weight excluding hydrogens is 320 g/mol. The van der Waals surface area contributed by atoms with Crippen molar-refractivity contribution in [3.05, 3.63) is 23.6 Å². The highest BCUT2D eigenvalue weighted by Gasteiger charge is 2.54. The van der Waals surface area contributed by atoms with Crippen molar-refractivity contribution in [3.8, 4) is 0 Å². The van der Waals surface area contributed by atoms with Gasteiger partial charge in [0.15, 0.2) is 11.6 Å². The fraction of sp³-hybridized carbons (Fsp3) is 0.571. The summed E-state index contributed by atoms with van der Waals surface area (Å²) >= 11 is 0. The van der Waals surface area contributed by atoms with E-state index < -0.39 is 30.7 Å². The van der Waals surface area contributed by atoms with Gasteiger partial charge in [-0.2, -0.15) is 13.2 Å². The van der Waals surface area contributed by atoms with Crippen LogP contribution in [0.5, 0.6) is 0 Å². The van der Waals surface area contributed by atoms with Crippen LogP contribution < -0.4 is 4.90 Å². The molecule has 1 aromatic rings. The monoisotopic (exact) mass is 334 g/mol. The van der Waals surface area contributed by atoms with Gasteiger partial charge in [0.05, 0.1) is 11.7 Å². The molecule has 2 aliphatic rings. The predicted octanol–water partition coefficient (Wildman–Crippen LogP) is 2.47. The number of alkyl halides is 3. The fourth-order valence-corrected chi connectivity index (χ4v) is 3.19. The van der Waals surface area contributed by atoms with E-state index in [0.29, 0.717) is 25.9 Å². The van der Waals surface area contributed by atoms with Crippen LogP contribution in [0.3, 0.4) is 0 Å². The largest absolute Gasteiger partial charge is 0.478 e. The van der Waals surface area contributed by atoms with Gasteiger partial charge in [-0.25, -0.2) is 14.2 Å². The lowest BCUT2D eigenvalue weighted by atomic mass is 9.62. The molecule has 1 aliphatic heterocycles. The maximum atomic E-state index is 13.9. The second-order valence-corrected chi connectivity index (χ2v) is 6.15. The molecule has 1 aliphatic carbocycles. The number of pyridine rings is 1. The van der Waals surface area contributed by atoms with Gasteiger partial charge in [-0.05, 0) is 18.9 Å². The molecule has 1 saturated heterocycles. The lowest BCUT2D eigenvalue weighted by molar-refractivity contribution is -0.207. The summed E-state index contributed by atoms with van der Waals surface area (Å²) < 4.78 is 54.8. The highest BCUT2D eigenvalue weighted by atomic mass is 19.4. The van der Waals surface area contributed by atoms with E-state index in [1.54, 1.807) is 4.90 Å². The molecule has 0 aromatic carbocycles. The second kappa shape index (κ2) is 5.33. The molecule has 2 fully saturated rings. The number of anilines is 1. The number of aromatic nitrogens is 1. The summed E-state index contributed by atoms with van der Waals surface area (Å²) in [5, 5.41) is 8.76. The van der Waals surface area contributed by atoms with Gasteiger partial charge in [-0.3, -0.25) is 0 Å². The third kappa shape index (κ3) is 3.24. The Morgan fingerprint density at radius 1 is 1.43 bits per heavy atom. The summed E-state index contributed by atoms with van der Waals surface area (Å²) in [7, 11) is 0. The molecule has 0 radical (unpaired) electrons. The number of rotatable bonds is 4. The third-order valence-corrected chi connectivity index (χ3v) is 4.22. The van der Waals surface area contributed by atoms with Crippen molar-refractivity contribution < 1.29 is 32.2 Å². The van der Waals surface area contributed by atoms with Crippen LogP contribution in [0.4, 0.5) is 23.4 Å². The quantitative estimate of drug-likeness (QED) is 0.857. The van der Waals surface area contributed by atoms with Crippen LogP contribution in [0.1, 0.15) is 23.2 Å². The number of carboxylic acids is 1. The van der Waals surface area contributed by atoms with Crippen molar-refractivity contribution in [1.82, 2.24) is 4.98 Å². The van der Waals surface area contributed by atoms with Crippen LogP contribution in [-0.2, 0) is 4.74 Å². The van der Waals surface area contributed by atoms with Crippen molar-refractivity contribution in [2.75, 3.05) is 24.6 Å². The van der Waals surface area contributed by atoms with Crippen molar-refractivity contribution in [1.29, 1.82) is 0 Å². The minimum absolute atomic E-state index is 0.0697. The van der Waals surface area contributed by atoms with E-state index in [1.807, 2.05) is 0 Å². The number of hydrogen-bond acceptors (Lipinski definition) is 4. The molecule has 9 heteroatoms. The van der Waals surface area contributed by atoms with Crippen LogP contribution in [0.15, 0.2) is 12.3 Å². The van der Waals surface area contributed by atoms with Crippen molar-refractivity contribution in [2.45, 2.75) is 25.1 Å². The third-order valence-electron chi connectivity index (χ3n) is 4.22. The molecule has 3 rings (SSSR count). The van der Waals surface area contributed by atoms with Gasteiger partial charge >= 0.3 is 12.1 Å². The molecule has 0 bridgehead atoms. The molecule has 1 saturated carbocycles. The van der Waals surface area contributed by atoms with Gasteiger partial charge in [-0.15, -0.1) is 0 Å². The van der Waals surface area contributed by atoms with Crippen LogP contribution in [0.25, 0.3) is 0 Å². The Morgan fingerprint density at radius 2 is 2.09 bits per heavy atom. The Labute approximate surface area is 128 Å². The number of hydrogen-bond donors (Lipinski definition) is 1. The first-order valence-corrected chi connectivity index (χ1v) is 7.00. The molecule has 0 unspecified atom stereocenters. The summed E-state index contributed by atoms with van der Waals surface area (Å²) in [6.45, 7) is -0.283. The van der Waals surface area contributed by atoms with Crippen LogP contribution in [-0.4, -0.2) is 48.0 Å². The molecule has 0 atom stereocenters. The smallest absolute Gasteiger partial charge is 0.411 e. The molecule has 23 heavy (non-hydrogen) atoms. The zero-order chi connectivity index (χ0) is 16.8. The van der Waals surface area contributed by atoms with Crippen LogP contribution in [0, 0.1) is 11.2 Å². The number of carboxylic acid groups (broad SMARTS) is 1. The normalized spacial score (nSPS) is 20.3. The number of aromatic carboxylic acids is 1. The summed E-state index contributed by atoms with van der Waals surface area (Å²) in [6.07, 6.45) is -2.64. The Balaban J connectivity index is 1.52.